The van der Waals surface area contributed by atoms with E-state index in [2.05, 4.69) is 14.7 Å². The molecule has 1 aliphatic rings. The average Bonchev–Trinajstić information content (AvgIpc) is 3.41. The quantitative estimate of drug-likeness (QED) is 0.631. The summed E-state index contributed by atoms with van der Waals surface area (Å²) in [5.41, 5.74) is 2.26. The third kappa shape index (κ3) is 3.82. The van der Waals surface area contributed by atoms with Gasteiger partial charge in [-0.3, -0.25) is 4.79 Å². The molecule has 29 heavy (non-hydrogen) atoms. The van der Waals surface area contributed by atoms with Crippen LogP contribution >= 0.6 is 11.5 Å². The van der Waals surface area contributed by atoms with Gasteiger partial charge in [-0.15, -0.1) is 5.10 Å². The highest BCUT2D eigenvalue weighted by Crippen LogP contribution is 2.36. The van der Waals surface area contributed by atoms with Crippen LogP contribution in [-0.4, -0.2) is 52.9 Å². The average molecular weight is 414 g/mol. The lowest BCUT2D eigenvalue weighted by Gasteiger charge is -2.32. The molecule has 2 aromatic heterocycles. The Hall–Kier alpha value is -2.94. The first-order chi connectivity index (χ1) is 14.1. The Bertz CT molecular complexity index is 1020. The summed E-state index contributed by atoms with van der Waals surface area (Å²) in [7, 11) is 3.13. The smallest absolute Gasteiger partial charge is 0.254 e. The van der Waals surface area contributed by atoms with E-state index in [0.717, 1.165) is 29.1 Å². The lowest BCUT2D eigenvalue weighted by molar-refractivity contribution is 0.0705. The van der Waals surface area contributed by atoms with Gasteiger partial charge < -0.3 is 18.9 Å². The van der Waals surface area contributed by atoms with Crippen molar-refractivity contribution in [3.63, 3.8) is 0 Å². The topological polar surface area (TPSA) is 90.6 Å². The van der Waals surface area contributed by atoms with Crippen molar-refractivity contribution in [1.82, 2.24) is 19.6 Å². The van der Waals surface area contributed by atoms with E-state index in [4.69, 9.17) is 14.0 Å². The van der Waals surface area contributed by atoms with Gasteiger partial charge in [-0.05, 0) is 49.5 Å². The van der Waals surface area contributed by atoms with E-state index >= 15 is 0 Å². The van der Waals surface area contributed by atoms with Crippen molar-refractivity contribution in [3.05, 3.63) is 41.2 Å². The summed E-state index contributed by atoms with van der Waals surface area (Å²) in [4.78, 5) is 15.9. The summed E-state index contributed by atoms with van der Waals surface area (Å²) in [5.74, 6) is 1.89. The number of benzene rings is 1. The highest BCUT2D eigenvalue weighted by molar-refractivity contribution is 7.09. The van der Waals surface area contributed by atoms with Gasteiger partial charge in [0.05, 0.1) is 25.6 Å². The largest absolute Gasteiger partial charge is 0.493 e. The number of aryl methyl sites for hydroxylation is 1. The Morgan fingerprint density at radius 3 is 2.79 bits per heavy atom. The first-order valence-corrected chi connectivity index (χ1v) is 10.1. The molecule has 1 unspecified atom stereocenters. The third-order valence-electron chi connectivity index (χ3n) is 5.09. The minimum atomic E-state index is -0.0316. The van der Waals surface area contributed by atoms with Gasteiger partial charge in [-0.1, -0.05) is 9.64 Å². The van der Waals surface area contributed by atoms with Crippen LogP contribution in [0.4, 0.5) is 0 Å². The number of aromatic nitrogens is 3. The van der Waals surface area contributed by atoms with Gasteiger partial charge in [-0.25, -0.2) is 0 Å². The van der Waals surface area contributed by atoms with Gasteiger partial charge in [0.15, 0.2) is 17.3 Å². The molecule has 8 nitrogen and oxygen atoms in total. The normalized spacial score (nSPS) is 16.7. The van der Waals surface area contributed by atoms with Gasteiger partial charge >= 0.3 is 0 Å². The molecule has 1 fully saturated rings. The molecule has 0 N–H and O–H groups in total. The molecule has 0 bridgehead atoms. The summed E-state index contributed by atoms with van der Waals surface area (Å²) >= 11 is 1.30. The van der Waals surface area contributed by atoms with Gasteiger partial charge in [-0.2, -0.15) is 0 Å². The fraction of sp³-hybridized carbons (Fsp3) is 0.400. The van der Waals surface area contributed by atoms with E-state index in [9.17, 15) is 4.79 Å². The van der Waals surface area contributed by atoms with Crippen molar-refractivity contribution in [2.45, 2.75) is 25.7 Å². The van der Waals surface area contributed by atoms with Crippen molar-refractivity contribution >= 4 is 17.4 Å². The number of methoxy groups -OCH3 is 2. The summed E-state index contributed by atoms with van der Waals surface area (Å²) in [6.45, 7) is 3.17. The van der Waals surface area contributed by atoms with Crippen LogP contribution < -0.4 is 9.47 Å². The first kappa shape index (κ1) is 19.4. The maximum absolute atomic E-state index is 13.1. The third-order valence-corrected chi connectivity index (χ3v) is 5.85. The lowest BCUT2D eigenvalue weighted by Crippen LogP contribution is -2.39. The molecule has 3 heterocycles. The minimum Gasteiger partial charge on any atom is -0.493 e. The maximum atomic E-state index is 13.1. The van der Waals surface area contributed by atoms with E-state index in [0.29, 0.717) is 35.9 Å². The van der Waals surface area contributed by atoms with Crippen LogP contribution in [0, 0.1) is 6.92 Å². The molecular formula is C20H22N4O4S. The molecule has 1 aromatic carbocycles. The number of ether oxygens (including phenoxy) is 2. The van der Waals surface area contributed by atoms with Crippen LogP contribution in [-0.2, 0) is 0 Å². The van der Waals surface area contributed by atoms with Crippen LogP contribution in [0.2, 0.25) is 0 Å². The Labute approximate surface area is 172 Å². The minimum absolute atomic E-state index is 0.0316. The number of rotatable bonds is 5. The predicted molar refractivity (Wildman–Crippen MR) is 108 cm³/mol. The standard InChI is InChI=1S/C20H22N4O4S/c1-12-9-17(28-22-12)19-18(21-23-29-19)14-5-4-8-24(11-14)20(25)13-6-7-15(26-2)16(10-13)27-3/h6-7,9-10,14H,4-5,8,11H2,1-3H3. The molecule has 1 saturated heterocycles. The molecule has 0 saturated carbocycles. The van der Waals surface area contributed by atoms with E-state index in [-0.39, 0.29) is 11.8 Å². The molecule has 1 amide bonds. The van der Waals surface area contributed by atoms with E-state index < -0.39 is 0 Å². The SMILES string of the molecule is COc1ccc(C(=O)N2CCCC(c3nnsc3-c3cc(C)no3)C2)cc1OC. The molecule has 0 aliphatic carbocycles. The monoisotopic (exact) mass is 414 g/mol. The summed E-state index contributed by atoms with van der Waals surface area (Å²) in [6, 6.07) is 7.12. The van der Waals surface area contributed by atoms with Gasteiger partial charge in [0.1, 0.15) is 4.88 Å². The Morgan fingerprint density at radius 1 is 1.24 bits per heavy atom. The van der Waals surface area contributed by atoms with Crippen LogP contribution in [0.3, 0.4) is 0 Å². The molecule has 152 valence electrons. The molecule has 1 atom stereocenters. The highest BCUT2D eigenvalue weighted by atomic mass is 32.1. The van der Waals surface area contributed by atoms with Crippen LogP contribution in [0.15, 0.2) is 28.8 Å². The molecule has 3 aromatic rings. The number of amides is 1. The van der Waals surface area contributed by atoms with E-state index in [1.807, 2.05) is 17.9 Å². The maximum Gasteiger partial charge on any atom is 0.254 e. The number of nitrogens with zero attached hydrogens (tertiary/aromatic N) is 4. The number of carbonyl (C=O) groups excluding carboxylic acids is 1. The second-order valence-electron chi connectivity index (χ2n) is 6.98. The van der Waals surface area contributed by atoms with Crippen molar-refractivity contribution in [1.29, 1.82) is 0 Å². The Balaban J connectivity index is 1.55. The van der Waals surface area contributed by atoms with Crippen LogP contribution in [0.1, 0.15) is 40.5 Å². The number of carbonyl (C=O) groups is 1. The first-order valence-electron chi connectivity index (χ1n) is 9.38. The Morgan fingerprint density at radius 2 is 2.07 bits per heavy atom. The summed E-state index contributed by atoms with van der Waals surface area (Å²) in [6.07, 6.45) is 1.84. The van der Waals surface area contributed by atoms with E-state index in [1.165, 1.54) is 11.5 Å². The number of piperidine rings is 1. The lowest BCUT2D eigenvalue weighted by atomic mass is 9.93. The molecular weight excluding hydrogens is 392 g/mol. The highest BCUT2D eigenvalue weighted by Gasteiger charge is 2.30. The number of hydrogen-bond acceptors (Lipinski definition) is 8. The van der Waals surface area contributed by atoms with Crippen molar-refractivity contribution in [2.75, 3.05) is 27.3 Å². The molecule has 4 rings (SSSR count). The van der Waals surface area contributed by atoms with Gasteiger partial charge in [0.25, 0.3) is 5.91 Å². The number of hydrogen-bond donors (Lipinski definition) is 0. The van der Waals surface area contributed by atoms with Gasteiger partial charge in [0.2, 0.25) is 0 Å². The second kappa shape index (κ2) is 8.20. The van der Waals surface area contributed by atoms with Crippen LogP contribution in [0.25, 0.3) is 10.6 Å². The van der Waals surface area contributed by atoms with Gasteiger partial charge in [0, 0.05) is 30.6 Å². The van der Waals surface area contributed by atoms with Crippen molar-refractivity contribution in [3.8, 4) is 22.1 Å². The fourth-order valence-corrected chi connectivity index (χ4v) is 4.34. The zero-order valence-corrected chi connectivity index (χ0v) is 17.4. The molecule has 9 heteroatoms. The zero-order chi connectivity index (χ0) is 20.4. The van der Waals surface area contributed by atoms with E-state index in [1.54, 1.807) is 32.4 Å². The van der Waals surface area contributed by atoms with Crippen molar-refractivity contribution in [2.24, 2.45) is 0 Å². The fourth-order valence-electron chi connectivity index (χ4n) is 3.64. The molecule has 1 aliphatic heterocycles. The van der Waals surface area contributed by atoms with Crippen molar-refractivity contribution < 1.29 is 18.8 Å². The molecule has 0 radical (unpaired) electrons. The summed E-state index contributed by atoms with van der Waals surface area (Å²) < 4.78 is 20.1. The second-order valence-corrected chi connectivity index (χ2v) is 7.73. The number of likely N-dealkylation sites (tertiary alicyclic amines) is 1. The summed E-state index contributed by atoms with van der Waals surface area (Å²) in [5, 5.41) is 8.31. The zero-order valence-electron chi connectivity index (χ0n) is 16.5. The Kier molecular flexibility index (Phi) is 5.48. The van der Waals surface area contributed by atoms with Crippen LogP contribution in [0.5, 0.6) is 11.5 Å². The predicted octanol–water partition coefficient (Wildman–Crippen LogP) is 3.54. The molecule has 0 spiro atoms.